The molecule has 0 aromatic heterocycles. The molecule has 0 unspecified atom stereocenters. The van der Waals surface area contributed by atoms with E-state index in [1.807, 2.05) is 0 Å². The second kappa shape index (κ2) is 2.11. The molecule has 1 rings (SSSR count). The summed E-state index contributed by atoms with van der Waals surface area (Å²) < 4.78 is 0.712. The molecule has 0 saturated carbocycles. The zero-order chi connectivity index (χ0) is 5.98. The molecule has 1 N–H and O–H groups in total. The SMILES string of the molecule is [O-][N+]1=CCCN(O)C1. The van der Waals surface area contributed by atoms with Crippen LogP contribution in [0.25, 0.3) is 0 Å². The molecule has 0 aromatic rings. The molecule has 1 heterocycles. The molecule has 0 aromatic carbocycles. The van der Waals surface area contributed by atoms with Crippen LogP contribution >= 0.6 is 0 Å². The lowest BCUT2D eigenvalue weighted by Gasteiger charge is -2.16. The smallest absolute Gasteiger partial charge is 0.230 e. The first-order valence-electron chi connectivity index (χ1n) is 2.50. The summed E-state index contributed by atoms with van der Waals surface area (Å²) in [7, 11) is 0. The molecule has 4 heteroatoms. The summed E-state index contributed by atoms with van der Waals surface area (Å²) in [5.74, 6) is 0. The predicted molar refractivity (Wildman–Crippen MR) is 27.7 cm³/mol. The summed E-state index contributed by atoms with van der Waals surface area (Å²) in [4.78, 5) is 0. The minimum atomic E-state index is 0.0833. The van der Waals surface area contributed by atoms with E-state index in [9.17, 15) is 5.21 Å². The maximum Gasteiger partial charge on any atom is 0.230 e. The highest BCUT2D eigenvalue weighted by molar-refractivity contribution is 5.51. The predicted octanol–water partition coefficient (Wildman–Crippen LogP) is -0.380. The maximum absolute atomic E-state index is 10.3. The van der Waals surface area contributed by atoms with Crippen molar-refractivity contribution in [2.24, 2.45) is 0 Å². The van der Waals surface area contributed by atoms with Crippen molar-refractivity contribution < 1.29 is 9.95 Å². The van der Waals surface area contributed by atoms with E-state index in [0.29, 0.717) is 17.7 Å². The minimum absolute atomic E-state index is 0.0833. The molecule has 0 saturated heterocycles. The van der Waals surface area contributed by atoms with E-state index in [-0.39, 0.29) is 6.67 Å². The van der Waals surface area contributed by atoms with Crippen LogP contribution in [0.15, 0.2) is 0 Å². The number of hydrogen-bond donors (Lipinski definition) is 1. The third-order valence-corrected chi connectivity index (χ3v) is 1.02. The summed E-state index contributed by atoms with van der Waals surface area (Å²) in [5.41, 5.74) is 0. The van der Waals surface area contributed by atoms with E-state index in [0.717, 1.165) is 5.06 Å². The van der Waals surface area contributed by atoms with Crippen molar-refractivity contribution in [3.05, 3.63) is 5.21 Å². The Labute approximate surface area is 47.2 Å². The van der Waals surface area contributed by atoms with Gasteiger partial charge in [0.15, 0.2) is 6.21 Å². The van der Waals surface area contributed by atoms with Gasteiger partial charge in [-0.25, -0.2) is 0 Å². The van der Waals surface area contributed by atoms with Gasteiger partial charge in [-0.2, -0.15) is 4.74 Å². The lowest BCUT2D eigenvalue weighted by molar-refractivity contribution is -0.510. The van der Waals surface area contributed by atoms with Crippen molar-refractivity contribution in [3.8, 4) is 0 Å². The van der Waals surface area contributed by atoms with Gasteiger partial charge in [0, 0.05) is 13.0 Å². The molecular weight excluding hydrogens is 108 g/mol. The molecule has 46 valence electrons. The van der Waals surface area contributed by atoms with Crippen LogP contribution in [0.3, 0.4) is 0 Å². The summed E-state index contributed by atoms with van der Waals surface area (Å²) in [6, 6.07) is 0. The Morgan fingerprint density at radius 3 is 2.88 bits per heavy atom. The molecule has 4 nitrogen and oxygen atoms in total. The molecule has 0 radical (unpaired) electrons. The molecule has 0 bridgehead atoms. The second-order valence-corrected chi connectivity index (χ2v) is 1.76. The van der Waals surface area contributed by atoms with E-state index in [4.69, 9.17) is 5.21 Å². The Bertz CT molecular complexity index is 113. The fourth-order valence-corrected chi connectivity index (χ4v) is 0.640. The summed E-state index contributed by atoms with van der Waals surface area (Å²) in [6.07, 6.45) is 2.16. The Hall–Kier alpha value is -0.610. The quantitative estimate of drug-likeness (QED) is 0.346. The van der Waals surface area contributed by atoms with Gasteiger partial charge in [0.2, 0.25) is 6.67 Å². The number of hydrogen-bond acceptors (Lipinski definition) is 3. The minimum Gasteiger partial charge on any atom is -0.623 e. The van der Waals surface area contributed by atoms with Crippen molar-refractivity contribution in [2.45, 2.75) is 6.42 Å². The van der Waals surface area contributed by atoms with Crippen LogP contribution in [0.2, 0.25) is 0 Å². The van der Waals surface area contributed by atoms with Gasteiger partial charge in [0.25, 0.3) is 0 Å². The normalized spacial score (nSPS) is 22.9. The van der Waals surface area contributed by atoms with Crippen LogP contribution in [0.4, 0.5) is 0 Å². The lowest BCUT2D eigenvalue weighted by Crippen LogP contribution is -2.33. The fraction of sp³-hybridized carbons (Fsp3) is 0.750. The monoisotopic (exact) mass is 116 g/mol. The Morgan fingerprint density at radius 1 is 1.75 bits per heavy atom. The molecule has 1 aliphatic rings. The summed E-state index contributed by atoms with van der Waals surface area (Å²) in [5, 5.41) is 20.0. The standard InChI is InChI=1S/C4H8N2O2/c7-5-2-1-3-6(8)4-5/h2,8H,1,3-4H2. The number of nitrogens with zero attached hydrogens (tertiary/aromatic N) is 2. The average molecular weight is 116 g/mol. The summed E-state index contributed by atoms with van der Waals surface area (Å²) >= 11 is 0. The molecule has 0 fully saturated rings. The van der Waals surface area contributed by atoms with Crippen molar-refractivity contribution in [2.75, 3.05) is 13.2 Å². The van der Waals surface area contributed by atoms with Gasteiger partial charge >= 0.3 is 0 Å². The molecule has 0 amide bonds. The zero-order valence-corrected chi connectivity index (χ0v) is 4.45. The van der Waals surface area contributed by atoms with E-state index in [1.165, 1.54) is 6.21 Å². The van der Waals surface area contributed by atoms with Crippen LogP contribution in [0.1, 0.15) is 6.42 Å². The van der Waals surface area contributed by atoms with Crippen LogP contribution in [0.5, 0.6) is 0 Å². The van der Waals surface area contributed by atoms with Crippen molar-refractivity contribution in [1.29, 1.82) is 0 Å². The first kappa shape index (κ1) is 5.53. The van der Waals surface area contributed by atoms with E-state index >= 15 is 0 Å². The van der Waals surface area contributed by atoms with Gasteiger partial charge in [-0.1, -0.05) is 0 Å². The number of hydroxylamine groups is 3. The van der Waals surface area contributed by atoms with Crippen LogP contribution in [0, 0.1) is 5.21 Å². The molecule has 0 spiro atoms. The highest BCUT2D eigenvalue weighted by atomic mass is 16.5. The van der Waals surface area contributed by atoms with Crippen LogP contribution < -0.4 is 0 Å². The molecule has 8 heavy (non-hydrogen) atoms. The van der Waals surface area contributed by atoms with Gasteiger partial charge in [-0.3, -0.25) is 0 Å². The third kappa shape index (κ3) is 1.18. The van der Waals surface area contributed by atoms with Gasteiger partial charge in [-0.05, 0) is 0 Å². The lowest BCUT2D eigenvalue weighted by atomic mass is 10.4. The zero-order valence-electron chi connectivity index (χ0n) is 4.45. The first-order valence-corrected chi connectivity index (χ1v) is 2.50. The Morgan fingerprint density at radius 2 is 2.50 bits per heavy atom. The summed E-state index contributed by atoms with van der Waals surface area (Å²) in [6.45, 7) is 0.652. The third-order valence-electron chi connectivity index (χ3n) is 1.02. The second-order valence-electron chi connectivity index (χ2n) is 1.76. The highest BCUT2D eigenvalue weighted by Gasteiger charge is 2.08. The molecule has 0 aliphatic carbocycles. The van der Waals surface area contributed by atoms with Gasteiger partial charge < -0.3 is 10.4 Å². The number of rotatable bonds is 0. The van der Waals surface area contributed by atoms with Crippen molar-refractivity contribution >= 4 is 6.21 Å². The Balaban J connectivity index is 2.45. The van der Waals surface area contributed by atoms with Crippen molar-refractivity contribution in [3.63, 3.8) is 0 Å². The molecule has 0 atom stereocenters. The van der Waals surface area contributed by atoms with E-state index in [1.54, 1.807) is 0 Å². The highest BCUT2D eigenvalue weighted by Crippen LogP contribution is 1.90. The van der Waals surface area contributed by atoms with Gasteiger partial charge in [0.1, 0.15) is 0 Å². The fourth-order valence-electron chi connectivity index (χ4n) is 0.640. The first-order chi connectivity index (χ1) is 3.79. The average Bonchev–Trinajstić information content (AvgIpc) is 1.64. The van der Waals surface area contributed by atoms with E-state index in [2.05, 4.69) is 0 Å². The topological polar surface area (TPSA) is 49.5 Å². The maximum atomic E-state index is 10.3. The largest absolute Gasteiger partial charge is 0.623 e. The van der Waals surface area contributed by atoms with Gasteiger partial charge in [0.05, 0.1) is 0 Å². The Kier molecular flexibility index (Phi) is 1.45. The molecule has 1 aliphatic heterocycles. The van der Waals surface area contributed by atoms with E-state index < -0.39 is 0 Å². The van der Waals surface area contributed by atoms with Crippen molar-refractivity contribution in [1.82, 2.24) is 5.06 Å². The molecular formula is C4H8N2O2. The van der Waals surface area contributed by atoms with Crippen LogP contribution in [-0.4, -0.2) is 34.4 Å². The van der Waals surface area contributed by atoms with Gasteiger partial charge in [-0.15, -0.1) is 5.06 Å². The van der Waals surface area contributed by atoms with Crippen LogP contribution in [-0.2, 0) is 0 Å².